The normalized spacial score (nSPS) is 7.81. The molecule has 0 heterocycles. The van der Waals surface area contributed by atoms with Gasteiger partial charge in [-0.25, -0.2) is 0 Å². The van der Waals surface area contributed by atoms with Gasteiger partial charge in [-0.3, -0.25) is 4.79 Å². The van der Waals surface area contributed by atoms with Crippen LogP contribution in [-0.2, 0) is 16.0 Å². The molecule has 1 aromatic carbocycles. The third kappa shape index (κ3) is 12.7. The molecule has 2 nitrogen and oxygen atoms in total. The van der Waals surface area contributed by atoms with Crippen molar-refractivity contribution in [3.8, 4) is 0 Å². The van der Waals surface area contributed by atoms with Crippen LogP contribution in [-0.4, -0.2) is 12.6 Å². The molecular formula is C14H24O2. The zero-order chi connectivity index (χ0) is 12.8. The molecule has 0 spiro atoms. The van der Waals surface area contributed by atoms with Crippen molar-refractivity contribution in [3.63, 3.8) is 0 Å². The standard InChI is InChI=1S/C8H10.C4H8O2.C2H6/c1-2-8-6-4-3-5-7-8;1-3-6-4(2)5;1-2/h3-7H,2H2,1H3;3H2,1-2H3;1-2H3. The maximum atomic E-state index is 9.82. The lowest BCUT2D eigenvalue weighted by Crippen LogP contribution is -1.95. The third-order valence-electron chi connectivity index (χ3n) is 1.60. The number of aryl methyl sites for hydroxylation is 1. The first-order valence-corrected chi connectivity index (χ1v) is 5.88. The van der Waals surface area contributed by atoms with Gasteiger partial charge in [-0.15, -0.1) is 0 Å². The number of benzene rings is 1. The van der Waals surface area contributed by atoms with Crippen LogP contribution in [0.2, 0.25) is 0 Å². The van der Waals surface area contributed by atoms with Crippen LogP contribution in [0.4, 0.5) is 0 Å². The molecule has 16 heavy (non-hydrogen) atoms. The topological polar surface area (TPSA) is 26.3 Å². The highest BCUT2D eigenvalue weighted by molar-refractivity contribution is 5.65. The van der Waals surface area contributed by atoms with Crippen LogP contribution in [0, 0.1) is 0 Å². The van der Waals surface area contributed by atoms with E-state index in [-0.39, 0.29) is 5.97 Å². The van der Waals surface area contributed by atoms with Crippen LogP contribution in [0.1, 0.15) is 40.2 Å². The zero-order valence-corrected chi connectivity index (χ0v) is 11.1. The van der Waals surface area contributed by atoms with Gasteiger partial charge in [-0.1, -0.05) is 51.1 Å². The summed E-state index contributed by atoms with van der Waals surface area (Å²) in [5.41, 5.74) is 1.41. The van der Waals surface area contributed by atoms with E-state index in [0.29, 0.717) is 6.61 Å². The Balaban J connectivity index is 0. The van der Waals surface area contributed by atoms with Gasteiger partial charge in [-0.05, 0) is 18.9 Å². The van der Waals surface area contributed by atoms with E-state index in [0.717, 1.165) is 6.42 Å². The van der Waals surface area contributed by atoms with E-state index in [1.165, 1.54) is 12.5 Å². The van der Waals surface area contributed by atoms with Crippen molar-refractivity contribution < 1.29 is 9.53 Å². The van der Waals surface area contributed by atoms with Crippen molar-refractivity contribution in [3.05, 3.63) is 35.9 Å². The van der Waals surface area contributed by atoms with Gasteiger partial charge in [0.25, 0.3) is 0 Å². The number of carbonyl (C=O) groups excluding carboxylic acids is 1. The smallest absolute Gasteiger partial charge is 0.302 e. The van der Waals surface area contributed by atoms with Crippen LogP contribution in [0.3, 0.4) is 0 Å². The van der Waals surface area contributed by atoms with E-state index in [1.54, 1.807) is 6.92 Å². The molecule has 0 aromatic heterocycles. The Morgan fingerprint density at radius 2 is 1.62 bits per heavy atom. The van der Waals surface area contributed by atoms with Gasteiger partial charge in [0, 0.05) is 6.92 Å². The van der Waals surface area contributed by atoms with E-state index >= 15 is 0 Å². The lowest BCUT2D eigenvalue weighted by Gasteiger charge is -1.89. The number of hydrogen-bond acceptors (Lipinski definition) is 2. The quantitative estimate of drug-likeness (QED) is 0.713. The first-order chi connectivity index (χ1) is 7.70. The average Bonchev–Trinajstić information content (AvgIpc) is 2.33. The molecule has 2 heteroatoms. The van der Waals surface area contributed by atoms with Crippen molar-refractivity contribution in [1.29, 1.82) is 0 Å². The molecule has 0 saturated carbocycles. The summed E-state index contributed by atoms with van der Waals surface area (Å²) in [6.45, 7) is 9.82. The Labute approximate surface area is 99.6 Å². The summed E-state index contributed by atoms with van der Waals surface area (Å²) in [7, 11) is 0. The second-order valence-corrected chi connectivity index (χ2v) is 2.76. The Morgan fingerprint density at radius 1 is 1.12 bits per heavy atom. The second-order valence-electron chi connectivity index (χ2n) is 2.76. The number of carbonyl (C=O) groups is 1. The molecule has 0 aliphatic rings. The zero-order valence-electron chi connectivity index (χ0n) is 11.1. The number of ether oxygens (including phenoxy) is 1. The fourth-order valence-corrected chi connectivity index (χ4v) is 0.917. The first-order valence-electron chi connectivity index (χ1n) is 5.88. The van der Waals surface area contributed by atoms with Crippen molar-refractivity contribution in [1.82, 2.24) is 0 Å². The van der Waals surface area contributed by atoms with Crippen LogP contribution in [0.5, 0.6) is 0 Å². The van der Waals surface area contributed by atoms with E-state index in [4.69, 9.17) is 0 Å². The molecule has 0 radical (unpaired) electrons. The predicted octanol–water partition coefficient (Wildman–Crippen LogP) is 3.84. The lowest BCUT2D eigenvalue weighted by atomic mass is 10.2. The van der Waals surface area contributed by atoms with Crippen molar-refractivity contribution in [2.75, 3.05) is 6.61 Å². The van der Waals surface area contributed by atoms with Crippen LogP contribution >= 0.6 is 0 Å². The van der Waals surface area contributed by atoms with E-state index in [9.17, 15) is 4.79 Å². The minimum absolute atomic E-state index is 0.211. The molecule has 0 fully saturated rings. The van der Waals surface area contributed by atoms with Crippen molar-refractivity contribution >= 4 is 5.97 Å². The molecule has 0 aliphatic heterocycles. The minimum atomic E-state index is -0.211. The summed E-state index contributed by atoms with van der Waals surface area (Å²) in [4.78, 5) is 9.82. The lowest BCUT2D eigenvalue weighted by molar-refractivity contribution is -0.140. The van der Waals surface area contributed by atoms with E-state index in [1.807, 2.05) is 19.9 Å². The predicted molar refractivity (Wildman–Crippen MR) is 69.5 cm³/mol. The molecule has 0 aliphatic carbocycles. The molecule has 1 rings (SSSR count). The fourth-order valence-electron chi connectivity index (χ4n) is 0.917. The molecule has 0 N–H and O–H groups in total. The van der Waals surface area contributed by atoms with Gasteiger partial charge in [0.05, 0.1) is 6.61 Å². The monoisotopic (exact) mass is 224 g/mol. The van der Waals surface area contributed by atoms with Gasteiger partial charge in [-0.2, -0.15) is 0 Å². The minimum Gasteiger partial charge on any atom is -0.466 e. The summed E-state index contributed by atoms with van der Waals surface area (Å²) in [5, 5.41) is 0. The molecular weight excluding hydrogens is 200 g/mol. The Hall–Kier alpha value is -1.31. The van der Waals surface area contributed by atoms with E-state index in [2.05, 4.69) is 35.9 Å². The molecule has 0 unspecified atom stereocenters. The van der Waals surface area contributed by atoms with Crippen LogP contribution < -0.4 is 0 Å². The summed E-state index contributed by atoms with van der Waals surface area (Å²) >= 11 is 0. The van der Waals surface area contributed by atoms with Gasteiger partial charge in [0.1, 0.15) is 0 Å². The highest BCUT2D eigenvalue weighted by Crippen LogP contribution is 1.96. The highest BCUT2D eigenvalue weighted by Gasteiger charge is 1.81. The highest BCUT2D eigenvalue weighted by atomic mass is 16.5. The molecule has 1 aromatic rings. The van der Waals surface area contributed by atoms with Crippen LogP contribution in [0.25, 0.3) is 0 Å². The van der Waals surface area contributed by atoms with E-state index < -0.39 is 0 Å². The summed E-state index contributed by atoms with van der Waals surface area (Å²) < 4.78 is 4.40. The Kier molecular flexibility index (Phi) is 14.6. The molecule has 0 atom stereocenters. The molecule has 92 valence electrons. The number of rotatable bonds is 2. The summed E-state index contributed by atoms with van der Waals surface area (Å²) in [6.07, 6.45) is 1.14. The van der Waals surface area contributed by atoms with Crippen molar-refractivity contribution in [2.24, 2.45) is 0 Å². The summed E-state index contributed by atoms with van der Waals surface area (Å²) in [5.74, 6) is -0.211. The van der Waals surface area contributed by atoms with Gasteiger partial charge >= 0.3 is 5.97 Å². The largest absolute Gasteiger partial charge is 0.466 e. The third-order valence-corrected chi connectivity index (χ3v) is 1.60. The molecule has 0 amide bonds. The maximum Gasteiger partial charge on any atom is 0.302 e. The van der Waals surface area contributed by atoms with Gasteiger partial charge < -0.3 is 4.74 Å². The number of hydrogen-bond donors (Lipinski definition) is 0. The maximum absolute atomic E-state index is 9.82. The van der Waals surface area contributed by atoms with Gasteiger partial charge in [0.15, 0.2) is 0 Å². The Bertz CT molecular complexity index is 242. The van der Waals surface area contributed by atoms with Crippen molar-refractivity contribution in [2.45, 2.75) is 41.0 Å². The number of esters is 1. The average molecular weight is 224 g/mol. The van der Waals surface area contributed by atoms with Gasteiger partial charge in [0.2, 0.25) is 0 Å². The SMILES string of the molecule is CC.CCOC(C)=O.CCc1ccccc1. The molecule has 0 saturated heterocycles. The summed E-state index contributed by atoms with van der Waals surface area (Å²) in [6, 6.07) is 10.5. The molecule has 0 bridgehead atoms. The Morgan fingerprint density at radius 3 is 1.81 bits per heavy atom. The van der Waals surface area contributed by atoms with Crippen LogP contribution in [0.15, 0.2) is 30.3 Å². The first kappa shape index (κ1) is 17.1. The second kappa shape index (κ2) is 13.7. The fraction of sp³-hybridized carbons (Fsp3) is 0.500.